The Morgan fingerprint density at radius 3 is 2.65 bits per heavy atom. The second-order valence-electron chi connectivity index (χ2n) is 3.40. The van der Waals surface area contributed by atoms with Gasteiger partial charge in [0.1, 0.15) is 0 Å². The lowest BCUT2D eigenvalue weighted by Gasteiger charge is -1.99. The van der Waals surface area contributed by atoms with Crippen LogP contribution in [0, 0.1) is 0 Å². The zero-order chi connectivity index (χ0) is 12.5. The quantitative estimate of drug-likeness (QED) is 0.782. The third kappa shape index (κ3) is 5.63. The Hall–Kier alpha value is -1.94. The van der Waals surface area contributed by atoms with Gasteiger partial charge in [0.15, 0.2) is 0 Å². The average Bonchev–Trinajstić information content (AvgIpc) is 2.35. The number of imide groups is 1. The molecule has 0 heterocycles. The molecule has 0 aliphatic carbocycles. The van der Waals surface area contributed by atoms with Crippen molar-refractivity contribution in [2.75, 3.05) is 13.7 Å². The van der Waals surface area contributed by atoms with E-state index in [-0.39, 0.29) is 12.3 Å². The first kappa shape index (κ1) is 13.1. The highest BCUT2D eigenvalue weighted by Crippen LogP contribution is 2.00. The van der Waals surface area contributed by atoms with Crippen molar-refractivity contribution in [2.24, 2.45) is 0 Å². The fraction of sp³-hybridized carbons (Fsp3) is 0.231. The Balaban J connectivity index is 2.39. The van der Waals surface area contributed by atoms with Gasteiger partial charge in [-0.3, -0.25) is 14.9 Å². The summed E-state index contributed by atoms with van der Waals surface area (Å²) >= 11 is 0. The SMILES string of the molecule is COCCC(=O)NC(=O)/C=C/c1ccccc1. The first-order chi connectivity index (χ1) is 8.22. The van der Waals surface area contributed by atoms with Gasteiger partial charge in [-0.15, -0.1) is 0 Å². The van der Waals surface area contributed by atoms with Crippen LogP contribution in [0.2, 0.25) is 0 Å². The van der Waals surface area contributed by atoms with Gasteiger partial charge in [-0.25, -0.2) is 0 Å². The van der Waals surface area contributed by atoms with Crippen molar-refractivity contribution < 1.29 is 14.3 Å². The Kier molecular flexibility index (Phi) is 5.68. The highest BCUT2D eigenvalue weighted by molar-refractivity contribution is 6.02. The first-order valence-corrected chi connectivity index (χ1v) is 5.28. The lowest BCUT2D eigenvalue weighted by Crippen LogP contribution is -2.29. The highest BCUT2D eigenvalue weighted by Gasteiger charge is 2.03. The maximum Gasteiger partial charge on any atom is 0.250 e. The largest absolute Gasteiger partial charge is 0.384 e. The fourth-order valence-corrected chi connectivity index (χ4v) is 1.17. The van der Waals surface area contributed by atoms with Crippen molar-refractivity contribution in [3.63, 3.8) is 0 Å². The molecule has 0 aliphatic heterocycles. The number of benzene rings is 1. The second kappa shape index (κ2) is 7.35. The van der Waals surface area contributed by atoms with Gasteiger partial charge in [-0.2, -0.15) is 0 Å². The van der Waals surface area contributed by atoms with E-state index >= 15 is 0 Å². The standard InChI is InChI=1S/C13H15NO3/c1-17-10-9-13(16)14-12(15)8-7-11-5-3-2-4-6-11/h2-8H,9-10H2,1H3,(H,14,15,16)/b8-7+. The molecule has 1 aromatic rings. The molecular weight excluding hydrogens is 218 g/mol. The Bertz CT molecular complexity index is 398. The van der Waals surface area contributed by atoms with Crippen molar-refractivity contribution in [1.29, 1.82) is 0 Å². The molecule has 0 atom stereocenters. The smallest absolute Gasteiger partial charge is 0.250 e. The van der Waals surface area contributed by atoms with E-state index in [1.165, 1.54) is 13.2 Å². The maximum atomic E-state index is 11.3. The first-order valence-electron chi connectivity index (χ1n) is 5.28. The molecule has 1 aromatic carbocycles. The summed E-state index contributed by atoms with van der Waals surface area (Å²) in [5.74, 6) is -0.760. The molecular formula is C13H15NO3. The molecule has 0 spiro atoms. The van der Waals surface area contributed by atoms with Crippen LogP contribution in [-0.4, -0.2) is 25.5 Å². The van der Waals surface area contributed by atoms with Gasteiger partial charge in [0.05, 0.1) is 13.0 Å². The Morgan fingerprint density at radius 2 is 2.00 bits per heavy atom. The van der Waals surface area contributed by atoms with E-state index in [0.29, 0.717) is 6.61 Å². The van der Waals surface area contributed by atoms with Crippen LogP contribution < -0.4 is 5.32 Å². The van der Waals surface area contributed by atoms with Gasteiger partial charge in [-0.05, 0) is 11.6 Å². The van der Waals surface area contributed by atoms with Gasteiger partial charge in [-0.1, -0.05) is 30.3 Å². The van der Waals surface area contributed by atoms with E-state index in [4.69, 9.17) is 4.74 Å². The topological polar surface area (TPSA) is 55.4 Å². The van der Waals surface area contributed by atoms with Crippen molar-refractivity contribution in [2.45, 2.75) is 6.42 Å². The van der Waals surface area contributed by atoms with Crippen molar-refractivity contribution in [1.82, 2.24) is 5.32 Å². The number of nitrogens with one attached hydrogen (secondary N) is 1. The third-order valence-corrected chi connectivity index (χ3v) is 2.02. The van der Waals surface area contributed by atoms with Crippen LogP contribution in [0.4, 0.5) is 0 Å². The predicted octanol–water partition coefficient (Wildman–Crippen LogP) is 1.38. The molecule has 1 rings (SSSR count). The van der Waals surface area contributed by atoms with Crippen LogP contribution in [0.5, 0.6) is 0 Å². The van der Waals surface area contributed by atoms with E-state index < -0.39 is 5.91 Å². The second-order valence-corrected chi connectivity index (χ2v) is 3.40. The van der Waals surface area contributed by atoms with Crippen LogP contribution in [-0.2, 0) is 14.3 Å². The molecule has 0 aromatic heterocycles. The normalized spacial score (nSPS) is 10.4. The maximum absolute atomic E-state index is 11.3. The molecule has 0 saturated carbocycles. The number of rotatable bonds is 5. The number of amides is 2. The van der Waals surface area contributed by atoms with Crippen LogP contribution >= 0.6 is 0 Å². The predicted molar refractivity (Wildman–Crippen MR) is 65.1 cm³/mol. The van der Waals surface area contributed by atoms with Gasteiger partial charge in [0.2, 0.25) is 5.91 Å². The summed E-state index contributed by atoms with van der Waals surface area (Å²) in [7, 11) is 1.50. The number of ether oxygens (including phenoxy) is 1. The molecule has 0 bridgehead atoms. The Morgan fingerprint density at radius 1 is 1.29 bits per heavy atom. The molecule has 0 radical (unpaired) electrons. The molecule has 90 valence electrons. The molecule has 0 unspecified atom stereocenters. The summed E-state index contributed by atoms with van der Waals surface area (Å²) in [5.41, 5.74) is 0.909. The third-order valence-electron chi connectivity index (χ3n) is 2.02. The van der Waals surface area contributed by atoms with Crippen LogP contribution in [0.3, 0.4) is 0 Å². The molecule has 1 N–H and O–H groups in total. The average molecular weight is 233 g/mol. The van der Waals surface area contributed by atoms with E-state index in [2.05, 4.69) is 5.32 Å². The van der Waals surface area contributed by atoms with Crippen LogP contribution in [0.25, 0.3) is 6.08 Å². The summed E-state index contributed by atoms with van der Waals surface area (Å²) in [5, 5.41) is 2.24. The molecule has 4 nitrogen and oxygen atoms in total. The summed E-state index contributed by atoms with van der Waals surface area (Å²) in [6, 6.07) is 9.39. The van der Waals surface area contributed by atoms with Gasteiger partial charge in [0.25, 0.3) is 5.91 Å². The van der Waals surface area contributed by atoms with E-state index in [0.717, 1.165) is 5.56 Å². The van der Waals surface area contributed by atoms with Crippen molar-refractivity contribution in [3.8, 4) is 0 Å². The lowest BCUT2D eigenvalue weighted by molar-refractivity contribution is -0.128. The molecule has 4 heteroatoms. The van der Waals surface area contributed by atoms with Gasteiger partial charge >= 0.3 is 0 Å². The summed E-state index contributed by atoms with van der Waals surface area (Å²) in [6.07, 6.45) is 3.17. The minimum Gasteiger partial charge on any atom is -0.384 e. The zero-order valence-corrected chi connectivity index (χ0v) is 9.68. The van der Waals surface area contributed by atoms with Crippen LogP contribution in [0.1, 0.15) is 12.0 Å². The van der Waals surface area contributed by atoms with Crippen molar-refractivity contribution in [3.05, 3.63) is 42.0 Å². The minimum absolute atomic E-state index is 0.182. The van der Waals surface area contributed by atoms with E-state index in [9.17, 15) is 9.59 Å². The zero-order valence-electron chi connectivity index (χ0n) is 9.68. The number of hydrogen-bond acceptors (Lipinski definition) is 3. The summed E-state index contributed by atoms with van der Waals surface area (Å²) in [6.45, 7) is 0.307. The van der Waals surface area contributed by atoms with Gasteiger partial charge < -0.3 is 4.74 Å². The highest BCUT2D eigenvalue weighted by atomic mass is 16.5. The Labute approximate surface area is 100 Å². The van der Waals surface area contributed by atoms with E-state index in [1.807, 2.05) is 30.3 Å². The number of carbonyl (C=O) groups is 2. The van der Waals surface area contributed by atoms with E-state index in [1.54, 1.807) is 6.08 Å². The lowest BCUT2D eigenvalue weighted by atomic mass is 10.2. The van der Waals surface area contributed by atoms with Crippen molar-refractivity contribution >= 4 is 17.9 Å². The number of methoxy groups -OCH3 is 1. The summed E-state index contributed by atoms with van der Waals surface area (Å²) < 4.78 is 4.73. The molecule has 2 amide bonds. The minimum atomic E-state index is -0.421. The van der Waals surface area contributed by atoms with Crippen LogP contribution in [0.15, 0.2) is 36.4 Å². The monoisotopic (exact) mass is 233 g/mol. The molecule has 0 aliphatic rings. The van der Waals surface area contributed by atoms with Gasteiger partial charge in [0, 0.05) is 13.2 Å². The summed E-state index contributed by atoms with van der Waals surface area (Å²) in [4.78, 5) is 22.5. The fourth-order valence-electron chi connectivity index (χ4n) is 1.17. The molecule has 0 saturated heterocycles. The number of hydrogen-bond donors (Lipinski definition) is 1. The molecule has 0 fully saturated rings. The number of carbonyl (C=O) groups excluding carboxylic acids is 2. The molecule has 17 heavy (non-hydrogen) atoms.